The standard InChI is InChI=1S/C15H11N3O2S/c19-13(18-15-16-6-7-21-15)11-8-12(14(20)17-9-11)10-4-2-1-3-5-10/h1-9H,(H,17,20)(H,16,18,19). The van der Waals surface area contributed by atoms with Crippen molar-refractivity contribution < 1.29 is 4.79 Å². The first kappa shape index (κ1) is 13.3. The van der Waals surface area contributed by atoms with E-state index in [1.165, 1.54) is 17.5 Å². The molecule has 0 spiro atoms. The second-order valence-corrected chi connectivity index (χ2v) is 5.18. The summed E-state index contributed by atoms with van der Waals surface area (Å²) >= 11 is 1.33. The Morgan fingerprint density at radius 1 is 1.24 bits per heavy atom. The molecule has 3 aromatic rings. The van der Waals surface area contributed by atoms with Crippen molar-refractivity contribution in [3.05, 3.63) is 70.1 Å². The highest BCUT2D eigenvalue weighted by Crippen LogP contribution is 2.17. The van der Waals surface area contributed by atoms with Crippen LogP contribution in [0.2, 0.25) is 0 Å². The topological polar surface area (TPSA) is 74.8 Å². The molecule has 2 aromatic heterocycles. The lowest BCUT2D eigenvalue weighted by Gasteiger charge is -2.04. The maximum atomic E-state index is 12.1. The Labute approximate surface area is 124 Å². The largest absolute Gasteiger partial charge is 0.328 e. The van der Waals surface area contributed by atoms with Gasteiger partial charge in [-0.05, 0) is 11.6 Å². The number of amides is 1. The van der Waals surface area contributed by atoms with Crippen LogP contribution in [0, 0.1) is 0 Å². The Morgan fingerprint density at radius 3 is 2.76 bits per heavy atom. The van der Waals surface area contributed by atoms with E-state index in [1.54, 1.807) is 17.6 Å². The normalized spacial score (nSPS) is 10.3. The Bertz CT molecular complexity index is 810. The number of nitrogens with one attached hydrogen (secondary N) is 2. The van der Waals surface area contributed by atoms with Crippen molar-refractivity contribution in [1.82, 2.24) is 9.97 Å². The van der Waals surface area contributed by atoms with Crippen LogP contribution in [0.1, 0.15) is 10.4 Å². The molecule has 2 N–H and O–H groups in total. The summed E-state index contributed by atoms with van der Waals surface area (Å²) in [6, 6.07) is 10.8. The first-order chi connectivity index (χ1) is 10.2. The van der Waals surface area contributed by atoms with Gasteiger partial charge < -0.3 is 4.98 Å². The lowest BCUT2D eigenvalue weighted by atomic mass is 10.1. The second-order valence-electron chi connectivity index (χ2n) is 4.29. The SMILES string of the molecule is O=C(Nc1nccs1)c1c[nH]c(=O)c(-c2ccccc2)c1. The molecule has 0 aliphatic heterocycles. The smallest absolute Gasteiger partial charge is 0.258 e. The predicted molar refractivity (Wildman–Crippen MR) is 82.6 cm³/mol. The number of hydrogen-bond donors (Lipinski definition) is 2. The molecular formula is C15H11N3O2S. The molecule has 0 aliphatic rings. The lowest BCUT2D eigenvalue weighted by Crippen LogP contribution is -2.16. The summed E-state index contributed by atoms with van der Waals surface area (Å²) in [5, 5.41) is 4.98. The van der Waals surface area contributed by atoms with Crippen molar-refractivity contribution in [2.24, 2.45) is 0 Å². The number of benzene rings is 1. The van der Waals surface area contributed by atoms with E-state index in [1.807, 2.05) is 30.3 Å². The zero-order valence-corrected chi connectivity index (χ0v) is 11.7. The highest BCUT2D eigenvalue weighted by Gasteiger charge is 2.11. The molecule has 0 aliphatic carbocycles. The van der Waals surface area contributed by atoms with Crippen LogP contribution in [-0.2, 0) is 0 Å². The number of carbonyl (C=O) groups is 1. The second kappa shape index (κ2) is 5.72. The number of thiazole rings is 1. The van der Waals surface area contributed by atoms with Crippen LogP contribution in [0.5, 0.6) is 0 Å². The molecule has 5 nitrogen and oxygen atoms in total. The minimum atomic E-state index is -0.307. The van der Waals surface area contributed by atoms with Gasteiger partial charge in [-0.3, -0.25) is 14.9 Å². The third-order valence-corrected chi connectivity index (χ3v) is 3.59. The van der Waals surface area contributed by atoms with E-state index in [0.717, 1.165) is 5.56 Å². The quantitative estimate of drug-likeness (QED) is 0.780. The summed E-state index contributed by atoms with van der Waals surface area (Å²) in [7, 11) is 0. The zero-order chi connectivity index (χ0) is 14.7. The van der Waals surface area contributed by atoms with Crippen molar-refractivity contribution in [1.29, 1.82) is 0 Å². The number of aromatic amines is 1. The Kier molecular flexibility index (Phi) is 3.61. The average Bonchev–Trinajstić information content (AvgIpc) is 3.01. The van der Waals surface area contributed by atoms with E-state index >= 15 is 0 Å². The van der Waals surface area contributed by atoms with Gasteiger partial charge in [-0.25, -0.2) is 4.98 Å². The Hall–Kier alpha value is -2.73. The fourth-order valence-electron chi connectivity index (χ4n) is 1.90. The van der Waals surface area contributed by atoms with Crippen LogP contribution in [0.4, 0.5) is 5.13 Å². The summed E-state index contributed by atoms with van der Waals surface area (Å²) in [6.07, 6.45) is 3.01. The van der Waals surface area contributed by atoms with Crippen molar-refractivity contribution in [3.8, 4) is 11.1 Å². The maximum absolute atomic E-state index is 12.1. The molecule has 0 bridgehead atoms. The number of H-pyrrole nitrogens is 1. The maximum Gasteiger partial charge on any atom is 0.258 e. The molecule has 0 saturated heterocycles. The highest BCUT2D eigenvalue weighted by atomic mass is 32.1. The van der Waals surface area contributed by atoms with Crippen LogP contribution in [0.25, 0.3) is 11.1 Å². The van der Waals surface area contributed by atoms with Crippen LogP contribution in [0.15, 0.2) is 59.0 Å². The van der Waals surface area contributed by atoms with Crippen molar-refractivity contribution in [2.75, 3.05) is 5.32 Å². The van der Waals surface area contributed by atoms with E-state index < -0.39 is 0 Å². The summed E-state index contributed by atoms with van der Waals surface area (Å²) < 4.78 is 0. The number of carbonyl (C=O) groups excluding carboxylic acids is 1. The monoisotopic (exact) mass is 297 g/mol. The summed E-state index contributed by atoms with van der Waals surface area (Å²) in [5.74, 6) is -0.307. The number of aromatic nitrogens is 2. The number of hydrogen-bond acceptors (Lipinski definition) is 4. The molecule has 3 rings (SSSR count). The molecule has 6 heteroatoms. The molecule has 1 amide bonds. The van der Waals surface area contributed by atoms with Gasteiger partial charge in [-0.2, -0.15) is 0 Å². The number of pyridine rings is 1. The van der Waals surface area contributed by atoms with Crippen LogP contribution >= 0.6 is 11.3 Å². The third kappa shape index (κ3) is 2.90. The number of nitrogens with zero attached hydrogens (tertiary/aromatic N) is 1. The van der Waals surface area contributed by atoms with Crippen molar-refractivity contribution in [3.63, 3.8) is 0 Å². The molecule has 0 saturated carbocycles. The van der Waals surface area contributed by atoms with Gasteiger partial charge in [0.1, 0.15) is 0 Å². The van der Waals surface area contributed by atoms with Crippen LogP contribution < -0.4 is 10.9 Å². The van der Waals surface area contributed by atoms with E-state index in [4.69, 9.17) is 0 Å². The van der Waals surface area contributed by atoms with E-state index in [2.05, 4.69) is 15.3 Å². The van der Waals surface area contributed by atoms with Gasteiger partial charge in [0, 0.05) is 23.3 Å². The molecule has 104 valence electrons. The van der Waals surface area contributed by atoms with E-state index in [0.29, 0.717) is 16.3 Å². The predicted octanol–water partition coefficient (Wildman–Crippen LogP) is 2.75. The molecule has 21 heavy (non-hydrogen) atoms. The number of anilines is 1. The fraction of sp³-hybridized carbons (Fsp3) is 0. The minimum Gasteiger partial charge on any atom is -0.328 e. The van der Waals surface area contributed by atoms with Crippen molar-refractivity contribution >= 4 is 22.4 Å². The third-order valence-electron chi connectivity index (χ3n) is 2.90. The zero-order valence-electron chi connectivity index (χ0n) is 10.9. The molecule has 1 aromatic carbocycles. The van der Waals surface area contributed by atoms with Gasteiger partial charge in [0.2, 0.25) is 0 Å². The van der Waals surface area contributed by atoms with Gasteiger partial charge >= 0.3 is 0 Å². The highest BCUT2D eigenvalue weighted by molar-refractivity contribution is 7.13. The Balaban J connectivity index is 1.94. The molecular weight excluding hydrogens is 286 g/mol. The average molecular weight is 297 g/mol. The Morgan fingerprint density at radius 2 is 2.05 bits per heavy atom. The molecule has 0 fully saturated rings. The van der Waals surface area contributed by atoms with E-state index in [-0.39, 0.29) is 11.5 Å². The lowest BCUT2D eigenvalue weighted by molar-refractivity contribution is 0.102. The van der Waals surface area contributed by atoms with Gasteiger partial charge in [0.25, 0.3) is 11.5 Å². The van der Waals surface area contributed by atoms with E-state index in [9.17, 15) is 9.59 Å². The van der Waals surface area contributed by atoms with Crippen LogP contribution in [0.3, 0.4) is 0 Å². The molecule has 2 heterocycles. The summed E-state index contributed by atoms with van der Waals surface area (Å²) in [5.41, 5.74) is 1.38. The van der Waals surface area contributed by atoms with Crippen molar-refractivity contribution in [2.45, 2.75) is 0 Å². The molecule has 0 unspecified atom stereocenters. The summed E-state index contributed by atoms with van der Waals surface area (Å²) in [4.78, 5) is 30.6. The molecule has 0 radical (unpaired) electrons. The first-order valence-corrected chi connectivity index (χ1v) is 7.11. The van der Waals surface area contributed by atoms with Gasteiger partial charge in [0.05, 0.1) is 5.56 Å². The number of rotatable bonds is 3. The van der Waals surface area contributed by atoms with Gasteiger partial charge in [-0.15, -0.1) is 11.3 Å². The summed E-state index contributed by atoms with van der Waals surface area (Å²) in [6.45, 7) is 0. The van der Waals surface area contributed by atoms with Crippen LogP contribution in [-0.4, -0.2) is 15.9 Å². The fourth-order valence-corrected chi connectivity index (χ4v) is 2.43. The molecule has 0 atom stereocenters. The van der Waals surface area contributed by atoms with Gasteiger partial charge in [-0.1, -0.05) is 30.3 Å². The van der Waals surface area contributed by atoms with Gasteiger partial charge in [0.15, 0.2) is 5.13 Å². The minimum absolute atomic E-state index is 0.230. The first-order valence-electron chi connectivity index (χ1n) is 6.23.